The van der Waals surface area contributed by atoms with Gasteiger partial charge in [0.15, 0.2) is 0 Å². The van der Waals surface area contributed by atoms with Gasteiger partial charge in [0.2, 0.25) is 0 Å². The summed E-state index contributed by atoms with van der Waals surface area (Å²) in [4.78, 5) is 12.0. The Balaban J connectivity index is 2.22. The fourth-order valence-electron chi connectivity index (χ4n) is 1.83. The van der Waals surface area contributed by atoms with Crippen molar-refractivity contribution in [1.82, 2.24) is 0 Å². The molecular formula is C15H15FN2O. The fourth-order valence-corrected chi connectivity index (χ4v) is 1.83. The maximum Gasteiger partial charge on any atom is 0.255 e. The van der Waals surface area contributed by atoms with Crippen LogP contribution in [0.1, 0.15) is 21.5 Å². The van der Waals surface area contributed by atoms with E-state index in [0.717, 1.165) is 11.1 Å². The molecule has 0 saturated heterocycles. The summed E-state index contributed by atoms with van der Waals surface area (Å²) >= 11 is 0. The van der Waals surface area contributed by atoms with Crippen LogP contribution in [0, 0.1) is 19.7 Å². The highest BCUT2D eigenvalue weighted by atomic mass is 19.1. The van der Waals surface area contributed by atoms with Gasteiger partial charge in [-0.3, -0.25) is 4.79 Å². The molecule has 2 aromatic carbocycles. The molecule has 2 rings (SSSR count). The molecule has 1 amide bonds. The molecule has 3 nitrogen and oxygen atoms in total. The highest BCUT2D eigenvalue weighted by Crippen LogP contribution is 2.17. The van der Waals surface area contributed by atoms with Crippen LogP contribution in [0.4, 0.5) is 15.8 Å². The van der Waals surface area contributed by atoms with Crippen molar-refractivity contribution in [2.24, 2.45) is 0 Å². The van der Waals surface area contributed by atoms with Crippen molar-refractivity contribution < 1.29 is 9.18 Å². The molecule has 0 aliphatic rings. The quantitative estimate of drug-likeness (QED) is 0.812. The molecule has 98 valence electrons. The van der Waals surface area contributed by atoms with E-state index in [4.69, 9.17) is 5.73 Å². The number of halogens is 1. The van der Waals surface area contributed by atoms with Crippen molar-refractivity contribution in [1.29, 1.82) is 0 Å². The lowest BCUT2D eigenvalue weighted by Crippen LogP contribution is -2.12. The first-order chi connectivity index (χ1) is 8.95. The number of carbonyl (C=O) groups excluding carboxylic acids is 1. The molecule has 0 heterocycles. The molecule has 4 heteroatoms. The zero-order valence-corrected chi connectivity index (χ0v) is 10.8. The topological polar surface area (TPSA) is 55.1 Å². The summed E-state index contributed by atoms with van der Waals surface area (Å²) < 4.78 is 13.2. The van der Waals surface area contributed by atoms with Gasteiger partial charge in [-0.1, -0.05) is 0 Å². The Hall–Kier alpha value is -2.36. The van der Waals surface area contributed by atoms with Gasteiger partial charge in [0.05, 0.1) is 0 Å². The van der Waals surface area contributed by atoms with Crippen molar-refractivity contribution >= 4 is 17.3 Å². The number of hydrogen-bond acceptors (Lipinski definition) is 2. The molecule has 0 aromatic heterocycles. The number of nitrogen functional groups attached to an aromatic ring is 1. The predicted octanol–water partition coefficient (Wildman–Crippen LogP) is 3.28. The minimum absolute atomic E-state index is 0.284. The molecule has 0 bridgehead atoms. The smallest absolute Gasteiger partial charge is 0.255 e. The van der Waals surface area contributed by atoms with Gasteiger partial charge in [-0.25, -0.2) is 4.39 Å². The maximum atomic E-state index is 13.2. The highest BCUT2D eigenvalue weighted by Gasteiger charge is 2.08. The third-order valence-electron chi connectivity index (χ3n) is 2.83. The number of benzene rings is 2. The van der Waals surface area contributed by atoms with Crippen molar-refractivity contribution in [3.8, 4) is 0 Å². The van der Waals surface area contributed by atoms with Gasteiger partial charge >= 0.3 is 0 Å². The first kappa shape index (κ1) is 13.1. The van der Waals surface area contributed by atoms with Crippen LogP contribution in [0.3, 0.4) is 0 Å². The first-order valence-corrected chi connectivity index (χ1v) is 5.90. The average Bonchev–Trinajstić information content (AvgIpc) is 2.31. The number of amides is 1. The molecule has 0 radical (unpaired) electrons. The normalized spacial score (nSPS) is 10.3. The van der Waals surface area contributed by atoms with E-state index in [1.54, 1.807) is 31.2 Å². The number of carbonyl (C=O) groups is 1. The average molecular weight is 258 g/mol. The molecule has 2 aromatic rings. The number of anilines is 2. The van der Waals surface area contributed by atoms with E-state index in [1.165, 1.54) is 12.1 Å². The summed E-state index contributed by atoms with van der Waals surface area (Å²) in [6.45, 7) is 3.60. The van der Waals surface area contributed by atoms with Crippen LogP contribution in [0.15, 0.2) is 36.4 Å². The van der Waals surface area contributed by atoms with Gasteiger partial charge < -0.3 is 11.1 Å². The zero-order chi connectivity index (χ0) is 14.0. The Bertz CT molecular complexity index is 618. The second kappa shape index (κ2) is 5.10. The summed E-state index contributed by atoms with van der Waals surface area (Å²) in [5.74, 6) is -0.656. The molecule has 0 aliphatic heterocycles. The van der Waals surface area contributed by atoms with Gasteiger partial charge in [-0.05, 0) is 61.4 Å². The van der Waals surface area contributed by atoms with E-state index < -0.39 is 0 Å². The molecule has 19 heavy (non-hydrogen) atoms. The van der Waals surface area contributed by atoms with E-state index in [1.807, 2.05) is 6.92 Å². The molecule has 0 unspecified atom stereocenters. The van der Waals surface area contributed by atoms with Gasteiger partial charge in [-0.2, -0.15) is 0 Å². The number of rotatable bonds is 2. The third kappa shape index (κ3) is 3.10. The molecule has 3 N–H and O–H groups in total. The van der Waals surface area contributed by atoms with Crippen LogP contribution < -0.4 is 11.1 Å². The minimum Gasteiger partial charge on any atom is -0.399 e. The van der Waals surface area contributed by atoms with E-state index in [9.17, 15) is 9.18 Å². The van der Waals surface area contributed by atoms with E-state index in [2.05, 4.69) is 5.32 Å². The minimum atomic E-state index is -0.371. The van der Waals surface area contributed by atoms with Crippen LogP contribution in [-0.2, 0) is 0 Å². The van der Waals surface area contributed by atoms with E-state index >= 15 is 0 Å². The second-order valence-electron chi connectivity index (χ2n) is 4.54. The molecule has 0 spiro atoms. The monoisotopic (exact) mass is 258 g/mol. The Morgan fingerprint density at radius 3 is 2.53 bits per heavy atom. The van der Waals surface area contributed by atoms with Gasteiger partial charge in [-0.15, -0.1) is 0 Å². The summed E-state index contributed by atoms with van der Waals surface area (Å²) in [5.41, 5.74) is 8.86. The molecule has 0 aliphatic carbocycles. The van der Waals surface area contributed by atoms with Crippen molar-refractivity contribution in [3.63, 3.8) is 0 Å². The highest BCUT2D eigenvalue weighted by molar-refractivity contribution is 6.04. The van der Waals surface area contributed by atoms with E-state index in [0.29, 0.717) is 16.9 Å². The Morgan fingerprint density at radius 2 is 1.89 bits per heavy atom. The van der Waals surface area contributed by atoms with Crippen LogP contribution in [0.5, 0.6) is 0 Å². The summed E-state index contributed by atoms with van der Waals surface area (Å²) in [5, 5.41) is 2.67. The van der Waals surface area contributed by atoms with Crippen LogP contribution in [0.25, 0.3) is 0 Å². The number of nitrogens with two attached hydrogens (primary N) is 1. The molecular weight excluding hydrogens is 243 g/mol. The molecule has 0 saturated carbocycles. The first-order valence-electron chi connectivity index (χ1n) is 5.90. The SMILES string of the molecule is Cc1cc(F)cc(NC(=O)c2ccc(N)c(C)c2)c1. The van der Waals surface area contributed by atoms with Crippen LogP contribution >= 0.6 is 0 Å². The largest absolute Gasteiger partial charge is 0.399 e. The van der Waals surface area contributed by atoms with Crippen molar-refractivity contribution in [2.75, 3.05) is 11.1 Å². The van der Waals surface area contributed by atoms with Gasteiger partial charge in [0.1, 0.15) is 5.82 Å². The van der Waals surface area contributed by atoms with Gasteiger partial charge in [0.25, 0.3) is 5.91 Å². The second-order valence-corrected chi connectivity index (χ2v) is 4.54. The summed E-state index contributed by atoms with van der Waals surface area (Å²) in [6, 6.07) is 9.44. The molecule has 0 fully saturated rings. The standard InChI is InChI=1S/C15H15FN2O/c1-9-5-12(16)8-13(6-9)18-15(19)11-3-4-14(17)10(2)7-11/h3-8H,17H2,1-2H3,(H,18,19). The number of hydrogen-bond donors (Lipinski definition) is 2. The fraction of sp³-hybridized carbons (Fsp3) is 0.133. The van der Waals surface area contributed by atoms with Crippen molar-refractivity contribution in [2.45, 2.75) is 13.8 Å². The molecule has 0 atom stereocenters. The van der Waals surface area contributed by atoms with Crippen LogP contribution in [-0.4, -0.2) is 5.91 Å². The lowest BCUT2D eigenvalue weighted by molar-refractivity contribution is 0.102. The van der Waals surface area contributed by atoms with E-state index in [-0.39, 0.29) is 11.7 Å². The summed E-state index contributed by atoms with van der Waals surface area (Å²) in [7, 11) is 0. The summed E-state index contributed by atoms with van der Waals surface area (Å²) in [6.07, 6.45) is 0. The lowest BCUT2D eigenvalue weighted by atomic mass is 10.1. The maximum absolute atomic E-state index is 13.2. The zero-order valence-electron chi connectivity index (χ0n) is 10.8. The van der Waals surface area contributed by atoms with Crippen molar-refractivity contribution in [3.05, 3.63) is 58.9 Å². The number of nitrogens with one attached hydrogen (secondary N) is 1. The Kier molecular flexibility index (Phi) is 3.51. The van der Waals surface area contributed by atoms with Crippen LogP contribution in [0.2, 0.25) is 0 Å². The van der Waals surface area contributed by atoms with Gasteiger partial charge in [0, 0.05) is 16.9 Å². The Labute approximate surface area is 111 Å². The third-order valence-corrected chi connectivity index (χ3v) is 2.83. The lowest BCUT2D eigenvalue weighted by Gasteiger charge is -2.08. The number of aryl methyl sites for hydroxylation is 2. The predicted molar refractivity (Wildman–Crippen MR) is 74.7 cm³/mol. The Morgan fingerprint density at radius 1 is 1.16 bits per heavy atom.